The van der Waals surface area contributed by atoms with Crippen LogP contribution in [0.4, 0.5) is 8.78 Å². The zero-order valence-electron chi connectivity index (χ0n) is 18.6. The first-order valence-corrected chi connectivity index (χ1v) is 12.0. The summed E-state index contributed by atoms with van der Waals surface area (Å²) in [5, 5.41) is 9.59. The topological polar surface area (TPSA) is 23.8 Å². The van der Waals surface area contributed by atoms with Crippen molar-refractivity contribution in [3.05, 3.63) is 35.3 Å². The summed E-state index contributed by atoms with van der Waals surface area (Å²) >= 11 is 0.428. The van der Waals surface area contributed by atoms with Gasteiger partial charge in [-0.2, -0.15) is 5.26 Å². The average Bonchev–Trinajstić information content (AvgIpc) is 2.91. The van der Waals surface area contributed by atoms with Gasteiger partial charge in [-0.1, -0.05) is 57.6 Å². The van der Waals surface area contributed by atoms with Crippen LogP contribution in [0.5, 0.6) is 0 Å². The summed E-state index contributed by atoms with van der Waals surface area (Å²) in [6.45, 7) is 12.6. The predicted octanol–water partition coefficient (Wildman–Crippen LogP) is 9.25. The molecule has 2 atom stereocenters. The number of nitriles is 1. The van der Waals surface area contributed by atoms with Gasteiger partial charge in [0.1, 0.15) is 17.1 Å². The number of hydrogen-bond donors (Lipinski definition) is 0. The number of hydrogen-bond acceptors (Lipinski definition) is 2. The van der Waals surface area contributed by atoms with Crippen LogP contribution >= 0.6 is 11.8 Å². The lowest BCUT2D eigenvalue weighted by Gasteiger charge is -2.32. The lowest BCUT2D eigenvalue weighted by Crippen LogP contribution is -2.20. The van der Waals surface area contributed by atoms with Crippen molar-refractivity contribution in [2.75, 3.05) is 0 Å². The van der Waals surface area contributed by atoms with E-state index in [4.69, 9.17) is 5.26 Å². The number of thioether (sulfide) groups is 1. The molecule has 2 aliphatic carbocycles. The zero-order valence-corrected chi connectivity index (χ0v) is 19.4. The second-order valence-corrected chi connectivity index (χ2v) is 9.91. The van der Waals surface area contributed by atoms with Crippen LogP contribution in [0.3, 0.4) is 0 Å². The second kappa shape index (κ2) is 14.0. The fourth-order valence-corrected chi connectivity index (χ4v) is 5.08. The molecular formula is C25H39F2NS. The van der Waals surface area contributed by atoms with Crippen LogP contribution < -0.4 is 0 Å². The quantitative estimate of drug-likeness (QED) is 0.184. The van der Waals surface area contributed by atoms with Gasteiger partial charge in [-0.15, -0.1) is 6.58 Å². The Morgan fingerprint density at radius 3 is 2.03 bits per heavy atom. The van der Waals surface area contributed by atoms with Crippen LogP contribution in [0.25, 0.3) is 0 Å². The van der Waals surface area contributed by atoms with E-state index in [1.165, 1.54) is 76.2 Å². The minimum Gasteiger partial charge on any atom is -0.211 e. The van der Waals surface area contributed by atoms with Crippen LogP contribution in [0.1, 0.15) is 91.4 Å². The van der Waals surface area contributed by atoms with Gasteiger partial charge >= 0.3 is 0 Å². The van der Waals surface area contributed by atoms with Crippen molar-refractivity contribution >= 4 is 11.8 Å². The molecule has 0 aliphatic heterocycles. The minimum absolute atomic E-state index is 0.331. The van der Waals surface area contributed by atoms with Crippen molar-refractivity contribution in [3.8, 4) is 5.40 Å². The average molecular weight is 424 g/mol. The molecule has 0 bridgehead atoms. The van der Waals surface area contributed by atoms with Crippen LogP contribution in [0.15, 0.2) is 35.3 Å². The molecule has 2 saturated carbocycles. The van der Waals surface area contributed by atoms with E-state index in [-0.39, 0.29) is 4.91 Å². The molecular weight excluding hydrogens is 384 g/mol. The van der Waals surface area contributed by atoms with E-state index >= 15 is 0 Å². The molecule has 0 aromatic carbocycles. The first-order valence-electron chi connectivity index (χ1n) is 11.2. The highest BCUT2D eigenvalue weighted by molar-refractivity contribution is 8.07. The van der Waals surface area contributed by atoms with E-state index in [2.05, 4.69) is 27.0 Å². The fourth-order valence-electron chi connectivity index (χ4n) is 4.73. The normalized spacial score (nSPS) is 28.1. The molecule has 0 aromatic heterocycles. The van der Waals surface area contributed by atoms with Crippen LogP contribution in [0, 0.1) is 34.3 Å². The lowest BCUT2D eigenvalue weighted by molar-refractivity contribution is 0.194. The van der Waals surface area contributed by atoms with E-state index in [9.17, 15) is 8.78 Å². The van der Waals surface area contributed by atoms with Crippen molar-refractivity contribution in [1.29, 1.82) is 5.26 Å². The molecule has 0 saturated heterocycles. The van der Waals surface area contributed by atoms with Gasteiger partial charge in [-0.05, 0) is 81.4 Å². The molecule has 1 nitrogen and oxygen atoms in total. The molecule has 2 aliphatic rings. The summed E-state index contributed by atoms with van der Waals surface area (Å²) in [5.41, 5.74) is 1.38. The lowest BCUT2D eigenvalue weighted by atomic mass is 9.74. The maximum absolute atomic E-state index is 12.2. The van der Waals surface area contributed by atoms with Gasteiger partial charge in [0, 0.05) is 0 Å². The molecule has 4 heteroatoms. The maximum Gasteiger partial charge on any atom is 0.138 e. The van der Waals surface area contributed by atoms with Crippen molar-refractivity contribution in [3.63, 3.8) is 0 Å². The molecule has 2 fully saturated rings. The second-order valence-electron chi connectivity index (χ2n) is 9.11. The Hall–Kier alpha value is -1.08. The molecule has 0 spiro atoms. The van der Waals surface area contributed by atoms with Crippen molar-refractivity contribution < 1.29 is 8.78 Å². The number of nitrogens with zero attached hydrogens (tertiary/aromatic N) is 1. The largest absolute Gasteiger partial charge is 0.211 e. The molecule has 0 aromatic rings. The van der Waals surface area contributed by atoms with Gasteiger partial charge < -0.3 is 0 Å². The van der Waals surface area contributed by atoms with Gasteiger partial charge in [0.2, 0.25) is 0 Å². The molecule has 164 valence electrons. The molecule has 0 heterocycles. The van der Waals surface area contributed by atoms with E-state index in [0.717, 1.165) is 30.6 Å². The van der Waals surface area contributed by atoms with Gasteiger partial charge in [0.15, 0.2) is 0 Å². The summed E-state index contributed by atoms with van der Waals surface area (Å²) in [6, 6.07) is 0. The van der Waals surface area contributed by atoms with Crippen LogP contribution in [-0.2, 0) is 0 Å². The zero-order chi connectivity index (χ0) is 21.8. The molecule has 2 unspecified atom stereocenters. The summed E-state index contributed by atoms with van der Waals surface area (Å²) in [6.07, 6.45) is 16.3. The highest BCUT2D eigenvalue weighted by atomic mass is 32.2. The molecule has 0 radical (unpaired) electrons. The number of rotatable bonds is 6. The summed E-state index contributed by atoms with van der Waals surface area (Å²) < 4.78 is 24.3. The summed E-state index contributed by atoms with van der Waals surface area (Å²) in [4.78, 5) is -0.331. The Balaban J connectivity index is 0.000000359. The van der Waals surface area contributed by atoms with E-state index in [0.29, 0.717) is 11.8 Å². The van der Waals surface area contributed by atoms with Gasteiger partial charge in [-0.3, -0.25) is 0 Å². The first kappa shape index (κ1) is 26.0. The number of allylic oxidation sites excluding steroid dienone is 3. The van der Waals surface area contributed by atoms with Crippen LogP contribution in [-0.4, -0.2) is 0 Å². The Bertz CT molecular complexity index is 592. The smallest absolute Gasteiger partial charge is 0.138 e. The third-order valence-corrected chi connectivity index (χ3v) is 7.34. The van der Waals surface area contributed by atoms with Gasteiger partial charge in [0.25, 0.3) is 0 Å². The highest BCUT2D eigenvalue weighted by Gasteiger charge is 2.28. The predicted molar refractivity (Wildman–Crippen MR) is 122 cm³/mol. The van der Waals surface area contributed by atoms with E-state index in [1.54, 1.807) is 5.40 Å². The van der Waals surface area contributed by atoms with Gasteiger partial charge in [-0.25, -0.2) is 8.78 Å². The Kier molecular flexibility index (Phi) is 12.5. The SMILES string of the molecule is C=C(C)CCC1CCCC(C2CCC(C)CC2)CC1.C=C(F)/C(SC#N)=C(\C)F. The third-order valence-electron chi connectivity index (χ3n) is 6.55. The van der Waals surface area contributed by atoms with Crippen LogP contribution in [0.2, 0.25) is 0 Å². The first-order chi connectivity index (χ1) is 13.7. The fraction of sp³-hybridized carbons (Fsp3) is 0.720. The highest BCUT2D eigenvalue weighted by Crippen LogP contribution is 2.41. The summed E-state index contributed by atoms with van der Waals surface area (Å²) in [5.74, 6) is 2.53. The van der Waals surface area contributed by atoms with E-state index in [1.807, 2.05) is 0 Å². The molecule has 0 amide bonds. The molecule has 29 heavy (non-hydrogen) atoms. The molecule has 2 rings (SSSR count). The molecule has 0 N–H and O–H groups in total. The van der Waals surface area contributed by atoms with Crippen molar-refractivity contribution in [1.82, 2.24) is 0 Å². The van der Waals surface area contributed by atoms with E-state index < -0.39 is 11.7 Å². The Labute approximate surface area is 181 Å². The van der Waals surface area contributed by atoms with Crippen molar-refractivity contribution in [2.45, 2.75) is 91.4 Å². The Morgan fingerprint density at radius 2 is 1.55 bits per heavy atom. The monoisotopic (exact) mass is 423 g/mol. The Morgan fingerprint density at radius 1 is 0.966 bits per heavy atom. The third kappa shape index (κ3) is 10.5. The number of halogens is 2. The van der Waals surface area contributed by atoms with Crippen molar-refractivity contribution in [2.24, 2.45) is 23.7 Å². The standard InChI is InChI=1S/C19H34.C6H5F2NS/c1-15(2)7-10-17-5-4-6-18(14-11-17)19-12-8-16(3)9-13-19;1-4(7)6(5(2)8)10-3-9/h16-19H,1,4-14H2,2-3H3;1H2,2H3/b;6-5-. The van der Waals surface area contributed by atoms with Gasteiger partial charge in [0.05, 0.1) is 4.91 Å². The summed E-state index contributed by atoms with van der Waals surface area (Å²) in [7, 11) is 0. The number of thiocyanates is 1. The maximum atomic E-state index is 12.2. The minimum atomic E-state index is -0.911.